The molecule has 0 radical (unpaired) electrons. The van der Waals surface area contributed by atoms with Crippen molar-refractivity contribution in [3.8, 4) is 6.07 Å². The standard InChI is InChI=1S/C36H46N6O6/c1-35(2,3)47-33(45)38-18-17-31(43)39-26-11-8-23(9-12-26)22-42-29-19-24(21-37)7-10-25(29)20-30(42)32(44)40-27-13-15-28(16-14-27)41-34(46)48-36(4,5)6/h7-12,19-20,27-28H,13-18,22H2,1-6H3,(H,38,45)(H,39,43)(H,40,44)(H,41,46)/t27-,28-. The van der Waals surface area contributed by atoms with Gasteiger partial charge in [0.1, 0.15) is 16.9 Å². The van der Waals surface area contributed by atoms with E-state index in [1.807, 2.05) is 49.6 Å². The smallest absolute Gasteiger partial charge is 0.407 e. The normalized spacial score (nSPS) is 16.4. The van der Waals surface area contributed by atoms with Gasteiger partial charge in [0.15, 0.2) is 0 Å². The number of ether oxygens (including phenoxy) is 2. The van der Waals surface area contributed by atoms with E-state index in [1.54, 1.807) is 45.0 Å². The number of nitrogens with zero attached hydrogens (tertiary/aromatic N) is 2. The molecule has 48 heavy (non-hydrogen) atoms. The minimum Gasteiger partial charge on any atom is -0.444 e. The quantitative estimate of drug-likeness (QED) is 0.220. The van der Waals surface area contributed by atoms with Crippen molar-refractivity contribution >= 4 is 40.6 Å². The van der Waals surface area contributed by atoms with E-state index in [0.29, 0.717) is 23.5 Å². The fraction of sp³-hybridized carbons (Fsp3) is 0.472. The molecule has 1 saturated carbocycles. The fourth-order valence-electron chi connectivity index (χ4n) is 5.49. The molecule has 2 aromatic carbocycles. The molecule has 0 saturated heterocycles. The molecule has 1 fully saturated rings. The van der Waals surface area contributed by atoms with E-state index in [-0.39, 0.29) is 36.9 Å². The molecular formula is C36H46N6O6. The van der Waals surface area contributed by atoms with Crippen LogP contribution in [0, 0.1) is 11.3 Å². The summed E-state index contributed by atoms with van der Waals surface area (Å²) in [7, 11) is 0. The zero-order valence-electron chi connectivity index (χ0n) is 28.6. The Labute approximate surface area is 281 Å². The number of hydrogen-bond donors (Lipinski definition) is 4. The Morgan fingerprint density at radius 1 is 0.833 bits per heavy atom. The summed E-state index contributed by atoms with van der Waals surface area (Å²) >= 11 is 0. The van der Waals surface area contributed by atoms with Crippen molar-refractivity contribution in [3.05, 3.63) is 65.4 Å². The number of carbonyl (C=O) groups excluding carboxylic acids is 4. The molecule has 256 valence electrons. The molecule has 4 amide bonds. The summed E-state index contributed by atoms with van der Waals surface area (Å²) in [5.74, 6) is -0.468. The topological polar surface area (TPSA) is 164 Å². The molecule has 1 aliphatic rings. The number of carbonyl (C=O) groups is 4. The third-order valence-electron chi connectivity index (χ3n) is 7.65. The number of benzene rings is 2. The minimum absolute atomic E-state index is 0.00879. The van der Waals surface area contributed by atoms with Crippen LogP contribution < -0.4 is 21.3 Å². The number of nitrogens with one attached hydrogen (secondary N) is 4. The molecule has 4 rings (SSSR count). The summed E-state index contributed by atoms with van der Waals surface area (Å²) in [4.78, 5) is 50.1. The van der Waals surface area contributed by atoms with Gasteiger partial charge >= 0.3 is 12.2 Å². The second-order valence-corrected chi connectivity index (χ2v) is 14.1. The molecule has 0 aliphatic heterocycles. The maximum absolute atomic E-state index is 13.7. The van der Waals surface area contributed by atoms with Gasteiger partial charge < -0.3 is 35.3 Å². The van der Waals surface area contributed by atoms with Crippen LogP contribution in [0.5, 0.6) is 0 Å². The second-order valence-electron chi connectivity index (χ2n) is 14.1. The van der Waals surface area contributed by atoms with Crippen molar-refractivity contribution in [2.75, 3.05) is 11.9 Å². The highest BCUT2D eigenvalue weighted by atomic mass is 16.6. The van der Waals surface area contributed by atoms with E-state index in [0.717, 1.165) is 42.1 Å². The number of amides is 4. The van der Waals surface area contributed by atoms with E-state index < -0.39 is 23.4 Å². The molecule has 1 heterocycles. The third-order valence-corrected chi connectivity index (χ3v) is 7.65. The molecule has 12 nitrogen and oxygen atoms in total. The highest BCUT2D eigenvalue weighted by Crippen LogP contribution is 2.25. The lowest BCUT2D eigenvalue weighted by Crippen LogP contribution is -2.45. The molecule has 3 aromatic rings. The van der Waals surface area contributed by atoms with Crippen molar-refractivity contribution in [3.63, 3.8) is 0 Å². The Morgan fingerprint density at radius 2 is 1.44 bits per heavy atom. The molecule has 4 N–H and O–H groups in total. The number of fused-ring (bicyclic) bond motifs is 1. The monoisotopic (exact) mass is 658 g/mol. The maximum Gasteiger partial charge on any atom is 0.407 e. The number of rotatable bonds is 9. The van der Waals surface area contributed by atoms with Crippen molar-refractivity contribution in [2.45, 2.75) is 103 Å². The lowest BCUT2D eigenvalue weighted by Gasteiger charge is -2.30. The highest BCUT2D eigenvalue weighted by Gasteiger charge is 2.27. The first-order valence-corrected chi connectivity index (χ1v) is 16.3. The van der Waals surface area contributed by atoms with E-state index in [4.69, 9.17) is 9.47 Å². The molecule has 0 bridgehead atoms. The molecule has 0 atom stereocenters. The predicted molar refractivity (Wildman–Crippen MR) is 183 cm³/mol. The first-order chi connectivity index (χ1) is 22.6. The molecule has 1 aromatic heterocycles. The van der Waals surface area contributed by atoms with E-state index in [9.17, 15) is 24.4 Å². The molecule has 0 unspecified atom stereocenters. The van der Waals surface area contributed by atoms with E-state index >= 15 is 0 Å². The van der Waals surface area contributed by atoms with Crippen LogP contribution in [0.3, 0.4) is 0 Å². The number of hydrogen-bond acceptors (Lipinski definition) is 7. The summed E-state index contributed by atoms with van der Waals surface area (Å²) in [6.45, 7) is 11.3. The second kappa shape index (κ2) is 15.2. The summed E-state index contributed by atoms with van der Waals surface area (Å²) in [5, 5.41) is 21.9. The van der Waals surface area contributed by atoms with Crippen LogP contribution >= 0.6 is 0 Å². The molecular weight excluding hydrogens is 612 g/mol. The molecule has 12 heteroatoms. The summed E-state index contributed by atoms with van der Waals surface area (Å²) < 4.78 is 12.5. The van der Waals surface area contributed by atoms with Crippen molar-refractivity contribution in [1.29, 1.82) is 5.26 Å². The average molecular weight is 659 g/mol. The SMILES string of the molecule is CC(C)(C)OC(=O)NCCC(=O)Nc1ccc(Cn2c(C(=O)N[C@H]3CC[C@H](NC(=O)OC(C)(C)C)CC3)cc3ccc(C#N)cc32)cc1. The van der Waals surface area contributed by atoms with Crippen molar-refractivity contribution in [2.24, 2.45) is 0 Å². The van der Waals surface area contributed by atoms with Gasteiger partial charge in [-0.05, 0) is 103 Å². The van der Waals surface area contributed by atoms with Gasteiger partial charge in [0.2, 0.25) is 5.91 Å². The number of alkyl carbamates (subject to hydrolysis) is 2. The van der Waals surface area contributed by atoms with Crippen LogP contribution in [0.4, 0.5) is 15.3 Å². The van der Waals surface area contributed by atoms with Gasteiger partial charge in [-0.1, -0.05) is 18.2 Å². The summed E-state index contributed by atoms with van der Waals surface area (Å²) in [6.07, 6.45) is 1.96. The Hall–Kier alpha value is -5.05. The van der Waals surface area contributed by atoms with Crippen LogP contribution in [-0.2, 0) is 20.8 Å². The lowest BCUT2D eigenvalue weighted by atomic mass is 9.91. The van der Waals surface area contributed by atoms with E-state index in [2.05, 4.69) is 27.3 Å². The van der Waals surface area contributed by atoms with Gasteiger partial charge in [0.05, 0.1) is 17.1 Å². The van der Waals surface area contributed by atoms with Crippen molar-refractivity contribution < 1.29 is 28.7 Å². The van der Waals surface area contributed by atoms with Crippen LogP contribution in [0.1, 0.15) is 95.3 Å². The first kappa shape index (κ1) is 35.8. The Bertz CT molecular complexity index is 1670. The third kappa shape index (κ3) is 10.8. The number of anilines is 1. The zero-order valence-corrected chi connectivity index (χ0v) is 28.6. The molecule has 0 spiro atoms. The van der Waals surface area contributed by atoms with Gasteiger partial charge in [-0.15, -0.1) is 0 Å². The van der Waals surface area contributed by atoms with Gasteiger partial charge in [0.25, 0.3) is 5.91 Å². The predicted octanol–water partition coefficient (Wildman–Crippen LogP) is 5.98. The van der Waals surface area contributed by atoms with Crippen LogP contribution in [0.15, 0.2) is 48.5 Å². The van der Waals surface area contributed by atoms with Gasteiger partial charge in [-0.25, -0.2) is 9.59 Å². The fourth-order valence-corrected chi connectivity index (χ4v) is 5.49. The minimum atomic E-state index is -0.618. The van der Waals surface area contributed by atoms with Gasteiger partial charge in [0, 0.05) is 42.7 Å². The molecule has 1 aliphatic carbocycles. The Kier molecular flexibility index (Phi) is 11.4. The average Bonchev–Trinajstić information content (AvgIpc) is 3.34. The van der Waals surface area contributed by atoms with Gasteiger partial charge in [-0.3, -0.25) is 9.59 Å². The van der Waals surface area contributed by atoms with E-state index in [1.165, 1.54) is 0 Å². The largest absolute Gasteiger partial charge is 0.444 e. The maximum atomic E-state index is 13.7. The highest BCUT2D eigenvalue weighted by molar-refractivity contribution is 5.99. The lowest BCUT2D eigenvalue weighted by molar-refractivity contribution is -0.116. The summed E-state index contributed by atoms with van der Waals surface area (Å²) in [6, 6.07) is 16.6. The Balaban J connectivity index is 1.38. The number of nitriles is 1. The zero-order chi connectivity index (χ0) is 35.1. The Morgan fingerprint density at radius 3 is 2.04 bits per heavy atom. The van der Waals surface area contributed by atoms with Gasteiger partial charge in [-0.2, -0.15) is 5.26 Å². The van der Waals surface area contributed by atoms with Crippen LogP contribution in [-0.4, -0.2) is 58.4 Å². The summed E-state index contributed by atoms with van der Waals surface area (Å²) in [5.41, 5.74) is 2.03. The van der Waals surface area contributed by atoms with Crippen LogP contribution in [0.25, 0.3) is 10.9 Å². The van der Waals surface area contributed by atoms with Crippen molar-refractivity contribution in [1.82, 2.24) is 20.5 Å². The van der Waals surface area contributed by atoms with Crippen LogP contribution in [0.2, 0.25) is 0 Å². The number of aromatic nitrogens is 1. The first-order valence-electron chi connectivity index (χ1n) is 16.3.